The lowest BCUT2D eigenvalue weighted by atomic mass is 9.79. The van der Waals surface area contributed by atoms with E-state index >= 15 is 0 Å². The Balaban J connectivity index is 1.79. The van der Waals surface area contributed by atoms with E-state index < -0.39 is 12.0 Å². The quantitative estimate of drug-likeness (QED) is 0.715. The van der Waals surface area contributed by atoms with Crippen molar-refractivity contribution in [1.29, 1.82) is 0 Å². The molecule has 0 saturated carbocycles. The number of amides is 2. The highest BCUT2D eigenvalue weighted by Gasteiger charge is 2.42. The summed E-state index contributed by atoms with van der Waals surface area (Å²) >= 11 is 1.31. The molecule has 4 rings (SSSR count). The number of likely N-dealkylation sites (N-methyl/N-ethyl adjacent to an activating group) is 1. The number of carbonyl (C=O) groups excluding carboxylic acids is 2. The molecular weight excluding hydrogens is 388 g/mol. The molecule has 29 heavy (non-hydrogen) atoms. The molecule has 0 radical (unpaired) electrons. The summed E-state index contributed by atoms with van der Waals surface area (Å²) in [5.41, 5.74) is 2.09. The summed E-state index contributed by atoms with van der Waals surface area (Å²) in [5, 5.41) is 12.0. The Bertz CT molecular complexity index is 1060. The molecule has 2 heterocycles. The van der Waals surface area contributed by atoms with Gasteiger partial charge in [-0.15, -0.1) is 10.2 Å². The molecule has 2 amide bonds. The van der Waals surface area contributed by atoms with Gasteiger partial charge in [-0.1, -0.05) is 41.7 Å². The largest absolute Gasteiger partial charge is 0.497 e. The van der Waals surface area contributed by atoms with E-state index in [0.717, 1.165) is 10.6 Å². The monoisotopic (exact) mass is 408 g/mol. The number of nitrogens with one attached hydrogen (secondary N) is 1. The number of hydrogen-bond donors (Lipinski definition) is 1. The van der Waals surface area contributed by atoms with E-state index in [4.69, 9.17) is 4.74 Å². The van der Waals surface area contributed by atoms with Crippen molar-refractivity contribution in [1.82, 2.24) is 15.1 Å². The van der Waals surface area contributed by atoms with E-state index in [2.05, 4.69) is 15.5 Å². The normalized spacial score (nSPS) is 18.3. The van der Waals surface area contributed by atoms with Gasteiger partial charge in [-0.05, 0) is 36.2 Å². The summed E-state index contributed by atoms with van der Waals surface area (Å²) in [6.45, 7) is 1.83. The van der Waals surface area contributed by atoms with E-state index in [9.17, 15) is 9.59 Å². The third-order valence-corrected chi connectivity index (χ3v) is 5.83. The minimum Gasteiger partial charge on any atom is -0.497 e. The van der Waals surface area contributed by atoms with E-state index in [1.807, 2.05) is 43.3 Å². The van der Waals surface area contributed by atoms with Gasteiger partial charge in [-0.25, -0.2) is 0 Å². The standard InChI is InChI=1S/C21H20N4O3S/c1-12-23-24-21(29-12)22-19(26)17-15-6-4-5-7-16(15)20(27)25(2)18(17)13-8-10-14(28-3)11-9-13/h4-11,17-18H,1-3H3,(H,22,24,26)/t17-,18-/m0/s1. The van der Waals surface area contributed by atoms with Crippen molar-refractivity contribution in [2.75, 3.05) is 19.5 Å². The maximum Gasteiger partial charge on any atom is 0.254 e. The fraction of sp³-hybridized carbons (Fsp3) is 0.238. The van der Waals surface area contributed by atoms with Crippen molar-refractivity contribution in [3.8, 4) is 5.75 Å². The van der Waals surface area contributed by atoms with Crippen LogP contribution in [0.15, 0.2) is 48.5 Å². The second-order valence-corrected chi connectivity index (χ2v) is 8.00. The van der Waals surface area contributed by atoms with Crippen LogP contribution in [0.3, 0.4) is 0 Å². The van der Waals surface area contributed by atoms with Gasteiger partial charge in [-0.2, -0.15) is 0 Å². The summed E-state index contributed by atoms with van der Waals surface area (Å²) in [5.74, 6) is -0.221. The molecule has 0 fully saturated rings. The Morgan fingerprint density at radius 1 is 1.14 bits per heavy atom. The van der Waals surface area contributed by atoms with Crippen molar-refractivity contribution in [2.24, 2.45) is 0 Å². The molecule has 1 aliphatic heterocycles. The van der Waals surface area contributed by atoms with Crippen LogP contribution in [0.25, 0.3) is 0 Å². The highest BCUT2D eigenvalue weighted by Crippen LogP contribution is 2.42. The van der Waals surface area contributed by atoms with Crippen LogP contribution in [0.1, 0.15) is 38.5 Å². The van der Waals surface area contributed by atoms with Crippen molar-refractivity contribution in [2.45, 2.75) is 18.9 Å². The molecule has 7 nitrogen and oxygen atoms in total. The number of methoxy groups -OCH3 is 1. The lowest BCUT2D eigenvalue weighted by Gasteiger charge is -2.39. The fourth-order valence-corrected chi connectivity index (χ4v) is 4.30. The zero-order valence-electron chi connectivity index (χ0n) is 16.2. The summed E-state index contributed by atoms with van der Waals surface area (Å²) in [4.78, 5) is 28.0. The molecule has 0 saturated heterocycles. The molecule has 0 unspecified atom stereocenters. The number of benzene rings is 2. The van der Waals surface area contributed by atoms with E-state index in [0.29, 0.717) is 22.0 Å². The summed E-state index contributed by atoms with van der Waals surface area (Å²) in [7, 11) is 3.32. The number of aromatic nitrogens is 2. The smallest absolute Gasteiger partial charge is 0.254 e. The van der Waals surface area contributed by atoms with Gasteiger partial charge in [0, 0.05) is 12.6 Å². The molecule has 3 aromatic rings. The first kappa shape index (κ1) is 19.1. The van der Waals surface area contributed by atoms with Crippen LogP contribution in [0.2, 0.25) is 0 Å². The molecule has 1 aliphatic rings. The number of fused-ring (bicyclic) bond motifs is 1. The number of rotatable bonds is 4. The minimum absolute atomic E-state index is 0.114. The first-order chi connectivity index (χ1) is 14.0. The number of ether oxygens (including phenoxy) is 1. The zero-order chi connectivity index (χ0) is 20.5. The number of hydrogen-bond acceptors (Lipinski definition) is 6. The van der Waals surface area contributed by atoms with Crippen LogP contribution in [0.5, 0.6) is 5.75 Å². The van der Waals surface area contributed by atoms with Gasteiger partial charge in [0.15, 0.2) is 0 Å². The van der Waals surface area contributed by atoms with Gasteiger partial charge < -0.3 is 9.64 Å². The zero-order valence-corrected chi connectivity index (χ0v) is 17.1. The second-order valence-electron chi connectivity index (χ2n) is 6.81. The first-order valence-corrected chi connectivity index (χ1v) is 9.92. The maximum absolute atomic E-state index is 13.4. The first-order valence-electron chi connectivity index (χ1n) is 9.10. The van der Waals surface area contributed by atoms with Crippen molar-refractivity contribution < 1.29 is 14.3 Å². The number of carbonyl (C=O) groups is 2. The van der Waals surface area contributed by atoms with Gasteiger partial charge in [-0.3, -0.25) is 14.9 Å². The average Bonchev–Trinajstić information content (AvgIpc) is 3.15. The number of anilines is 1. The predicted octanol–water partition coefficient (Wildman–Crippen LogP) is 3.40. The minimum atomic E-state index is -0.591. The molecule has 1 aromatic heterocycles. The third kappa shape index (κ3) is 3.47. The maximum atomic E-state index is 13.4. The molecule has 1 N–H and O–H groups in total. The van der Waals surface area contributed by atoms with E-state index in [1.165, 1.54) is 11.3 Å². The van der Waals surface area contributed by atoms with Gasteiger partial charge in [0.05, 0.1) is 19.1 Å². The molecule has 8 heteroatoms. The highest BCUT2D eigenvalue weighted by molar-refractivity contribution is 7.15. The average molecular weight is 408 g/mol. The molecule has 0 spiro atoms. The molecule has 2 aromatic carbocycles. The highest BCUT2D eigenvalue weighted by atomic mass is 32.1. The van der Waals surface area contributed by atoms with E-state index in [-0.39, 0.29) is 11.8 Å². The SMILES string of the molecule is COc1ccc([C@H]2[C@@H](C(=O)Nc3nnc(C)s3)c3ccccc3C(=O)N2C)cc1. The Hall–Kier alpha value is -3.26. The third-order valence-electron chi connectivity index (χ3n) is 5.08. The Labute approximate surface area is 172 Å². The predicted molar refractivity (Wildman–Crippen MR) is 110 cm³/mol. The van der Waals surface area contributed by atoms with Crippen LogP contribution in [-0.4, -0.2) is 41.1 Å². The Morgan fingerprint density at radius 3 is 2.52 bits per heavy atom. The van der Waals surface area contributed by atoms with Crippen LogP contribution in [0.4, 0.5) is 5.13 Å². The van der Waals surface area contributed by atoms with Gasteiger partial charge in [0.1, 0.15) is 10.8 Å². The number of nitrogens with zero attached hydrogens (tertiary/aromatic N) is 3. The number of aryl methyl sites for hydroxylation is 1. The molecular formula is C21H20N4O3S. The van der Waals surface area contributed by atoms with Crippen molar-refractivity contribution >= 4 is 28.3 Å². The van der Waals surface area contributed by atoms with Crippen LogP contribution >= 0.6 is 11.3 Å². The Morgan fingerprint density at radius 2 is 1.86 bits per heavy atom. The van der Waals surface area contributed by atoms with E-state index in [1.54, 1.807) is 31.2 Å². The van der Waals surface area contributed by atoms with Crippen molar-refractivity contribution in [3.05, 3.63) is 70.2 Å². The topological polar surface area (TPSA) is 84.4 Å². The Kier molecular flexibility index (Phi) is 5.02. The lowest BCUT2D eigenvalue weighted by molar-refractivity contribution is -0.119. The lowest BCUT2D eigenvalue weighted by Crippen LogP contribution is -2.44. The fourth-order valence-electron chi connectivity index (χ4n) is 3.70. The van der Waals surface area contributed by atoms with Crippen molar-refractivity contribution in [3.63, 3.8) is 0 Å². The molecule has 148 valence electrons. The summed E-state index contributed by atoms with van der Waals surface area (Å²) in [6.07, 6.45) is 0. The summed E-state index contributed by atoms with van der Waals surface area (Å²) in [6, 6.07) is 14.2. The van der Waals surface area contributed by atoms with Crippen LogP contribution in [0, 0.1) is 6.92 Å². The molecule has 0 aliphatic carbocycles. The van der Waals surface area contributed by atoms with Gasteiger partial charge >= 0.3 is 0 Å². The van der Waals surface area contributed by atoms with Gasteiger partial charge in [0.25, 0.3) is 5.91 Å². The summed E-state index contributed by atoms with van der Waals surface area (Å²) < 4.78 is 5.24. The molecule has 2 atom stereocenters. The van der Waals surface area contributed by atoms with Gasteiger partial charge in [0.2, 0.25) is 11.0 Å². The van der Waals surface area contributed by atoms with Crippen LogP contribution < -0.4 is 10.1 Å². The van der Waals surface area contributed by atoms with Crippen LogP contribution in [-0.2, 0) is 4.79 Å². The molecule has 0 bridgehead atoms. The second kappa shape index (κ2) is 7.63.